The molecule has 0 aliphatic carbocycles. The molecule has 22 heavy (non-hydrogen) atoms. The lowest BCUT2D eigenvalue weighted by molar-refractivity contribution is 0.626. The van der Waals surface area contributed by atoms with Crippen molar-refractivity contribution in [3.63, 3.8) is 0 Å². The highest BCUT2D eigenvalue weighted by Gasteiger charge is 2.06. The molecule has 0 unspecified atom stereocenters. The van der Waals surface area contributed by atoms with E-state index in [9.17, 15) is 0 Å². The summed E-state index contributed by atoms with van der Waals surface area (Å²) in [5.74, 6) is 0. The SMILES string of the molecule is C=CCCn1ccc(-c2cccc(-c3ccncc3C)c2)n1. The van der Waals surface area contributed by atoms with Gasteiger partial charge in [-0.2, -0.15) is 5.10 Å². The molecule has 3 rings (SSSR count). The molecule has 0 spiro atoms. The van der Waals surface area contributed by atoms with Gasteiger partial charge in [0, 0.05) is 30.7 Å². The fourth-order valence-corrected chi connectivity index (χ4v) is 2.51. The second-order valence-corrected chi connectivity index (χ2v) is 5.31. The van der Waals surface area contributed by atoms with Crippen LogP contribution >= 0.6 is 0 Å². The van der Waals surface area contributed by atoms with Gasteiger partial charge in [-0.1, -0.05) is 24.3 Å². The molecule has 110 valence electrons. The number of pyridine rings is 1. The Morgan fingerprint density at radius 2 is 2.05 bits per heavy atom. The smallest absolute Gasteiger partial charge is 0.0923 e. The van der Waals surface area contributed by atoms with Crippen molar-refractivity contribution in [1.29, 1.82) is 0 Å². The fourth-order valence-electron chi connectivity index (χ4n) is 2.51. The number of aryl methyl sites for hydroxylation is 2. The Morgan fingerprint density at radius 1 is 1.18 bits per heavy atom. The zero-order valence-corrected chi connectivity index (χ0v) is 12.7. The van der Waals surface area contributed by atoms with Crippen molar-refractivity contribution in [2.24, 2.45) is 0 Å². The van der Waals surface area contributed by atoms with Gasteiger partial charge in [-0.05, 0) is 48.2 Å². The van der Waals surface area contributed by atoms with Crippen LogP contribution in [0.4, 0.5) is 0 Å². The van der Waals surface area contributed by atoms with Crippen molar-refractivity contribution < 1.29 is 0 Å². The highest BCUT2D eigenvalue weighted by Crippen LogP contribution is 2.27. The summed E-state index contributed by atoms with van der Waals surface area (Å²) in [6, 6.07) is 12.6. The first-order valence-corrected chi connectivity index (χ1v) is 7.43. The van der Waals surface area contributed by atoms with Crippen molar-refractivity contribution in [1.82, 2.24) is 14.8 Å². The Balaban J connectivity index is 1.93. The van der Waals surface area contributed by atoms with Crippen LogP contribution in [-0.4, -0.2) is 14.8 Å². The van der Waals surface area contributed by atoms with Crippen LogP contribution in [0.5, 0.6) is 0 Å². The van der Waals surface area contributed by atoms with E-state index < -0.39 is 0 Å². The lowest BCUT2D eigenvalue weighted by atomic mass is 10.00. The van der Waals surface area contributed by atoms with Gasteiger partial charge in [0.15, 0.2) is 0 Å². The zero-order chi connectivity index (χ0) is 15.4. The van der Waals surface area contributed by atoms with Gasteiger partial charge in [0.2, 0.25) is 0 Å². The lowest BCUT2D eigenvalue weighted by Gasteiger charge is -2.07. The van der Waals surface area contributed by atoms with Crippen LogP contribution in [-0.2, 0) is 6.54 Å². The number of nitrogens with zero attached hydrogens (tertiary/aromatic N) is 3. The Bertz CT molecular complexity index is 787. The van der Waals surface area contributed by atoms with Gasteiger partial charge in [-0.25, -0.2) is 0 Å². The van der Waals surface area contributed by atoms with Crippen LogP contribution in [0, 0.1) is 6.92 Å². The first-order chi connectivity index (χ1) is 10.8. The molecule has 0 aliphatic rings. The molecule has 0 bridgehead atoms. The van der Waals surface area contributed by atoms with Crippen molar-refractivity contribution in [2.45, 2.75) is 19.9 Å². The third kappa shape index (κ3) is 2.98. The van der Waals surface area contributed by atoms with Crippen molar-refractivity contribution in [3.8, 4) is 22.4 Å². The van der Waals surface area contributed by atoms with Gasteiger partial charge in [0.25, 0.3) is 0 Å². The van der Waals surface area contributed by atoms with E-state index in [-0.39, 0.29) is 0 Å². The Kier molecular flexibility index (Phi) is 4.15. The minimum atomic E-state index is 0.868. The van der Waals surface area contributed by atoms with E-state index in [0.29, 0.717) is 0 Å². The number of hydrogen-bond donors (Lipinski definition) is 0. The largest absolute Gasteiger partial charge is 0.272 e. The minimum Gasteiger partial charge on any atom is -0.272 e. The molecule has 0 aliphatic heterocycles. The van der Waals surface area contributed by atoms with Crippen molar-refractivity contribution in [2.75, 3.05) is 0 Å². The van der Waals surface area contributed by atoms with Crippen LogP contribution in [0.25, 0.3) is 22.4 Å². The van der Waals surface area contributed by atoms with Gasteiger partial charge in [0.1, 0.15) is 0 Å². The summed E-state index contributed by atoms with van der Waals surface area (Å²) >= 11 is 0. The number of hydrogen-bond acceptors (Lipinski definition) is 2. The molecule has 3 nitrogen and oxygen atoms in total. The highest BCUT2D eigenvalue weighted by molar-refractivity contribution is 5.72. The van der Waals surface area contributed by atoms with E-state index in [2.05, 4.69) is 60.0 Å². The van der Waals surface area contributed by atoms with E-state index in [1.54, 1.807) is 0 Å². The van der Waals surface area contributed by atoms with Crippen LogP contribution in [0.1, 0.15) is 12.0 Å². The number of aromatic nitrogens is 3. The molecule has 3 aromatic rings. The Morgan fingerprint density at radius 3 is 2.86 bits per heavy atom. The Hall–Kier alpha value is -2.68. The predicted molar refractivity (Wildman–Crippen MR) is 90.4 cm³/mol. The second-order valence-electron chi connectivity index (χ2n) is 5.31. The standard InChI is InChI=1S/C19H19N3/c1-3-4-11-22-12-9-19(21-22)17-7-5-6-16(13-17)18-8-10-20-14-15(18)2/h3,5-10,12-14H,1,4,11H2,2H3. The minimum absolute atomic E-state index is 0.868. The monoisotopic (exact) mass is 289 g/mol. The summed E-state index contributed by atoms with van der Waals surface area (Å²) in [4.78, 5) is 4.16. The summed E-state index contributed by atoms with van der Waals surface area (Å²) in [7, 11) is 0. The fraction of sp³-hybridized carbons (Fsp3) is 0.158. The first kappa shape index (κ1) is 14.3. The molecule has 0 saturated heterocycles. The van der Waals surface area contributed by atoms with E-state index >= 15 is 0 Å². The molecular weight excluding hydrogens is 270 g/mol. The van der Waals surface area contributed by atoms with Crippen LogP contribution < -0.4 is 0 Å². The first-order valence-electron chi connectivity index (χ1n) is 7.43. The number of benzene rings is 1. The molecule has 1 aromatic carbocycles. The maximum atomic E-state index is 4.63. The Labute approximate surface area is 131 Å². The quantitative estimate of drug-likeness (QED) is 0.648. The average molecular weight is 289 g/mol. The summed E-state index contributed by atoms with van der Waals surface area (Å²) in [6.45, 7) is 6.70. The summed E-state index contributed by atoms with van der Waals surface area (Å²) < 4.78 is 1.96. The molecule has 2 heterocycles. The normalized spacial score (nSPS) is 10.6. The van der Waals surface area contributed by atoms with Gasteiger partial charge in [-0.3, -0.25) is 9.67 Å². The summed E-state index contributed by atoms with van der Waals surface area (Å²) in [5.41, 5.74) is 5.71. The van der Waals surface area contributed by atoms with Gasteiger partial charge >= 0.3 is 0 Å². The second kappa shape index (κ2) is 6.39. The van der Waals surface area contributed by atoms with Crippen molar-refractivity contribution in [3.05, 3.63) is 73.2 Å². The van der Waals surface area contributed by atoms with Gasteiger partial charge in [-0.15, -0.1) is 6.58 Å². The molecule has 0 saturated carbocycles. The topological polar surface area (TPSA) is 30.7 Å². The average Bonchev–Trinajstić information content (AvgIpc) is 3.02. The number of rotatable bonds is 5. The maximum absolute atomic E-state index is 4.63. The van der Waals surface area contributed by atoms with Gasteiger partial charge < -0.3 is 0 Å². The van der Waals surface area contributed by atoms with Crippen LogP contribution in [0.3, 0.4) is 0 Å². The lowest BCUT2D eigenvalue weighted by Crippen LogP contribution is -1.97. The van der Waals surface area contributed by atoms with E-state index in [0.717, 1.165) is 24.2 Å². The van der Waals surface area contributed by atoms with Crippen LogP contribution in [0.15, 0.2) is 67.6 Å². The molecule has 0 N–H and O–H groups in total. The summed E-state index contributed by atoms with van der Waals surface area (Å²) in [5, 5.41) is 4.63. The van der Waals surface area contributed by atoms with E-state index in [1.807, 2.05) is 29.3 Å². The molecule has 0 fully saturated rings. The summed E-state index contributed by atoms with van der Waals surface area (Å²) in [6.07, 6.45) is 8.58. The molecule has 0 atom stereocenters. The maximum Gasteiger partial charge on any atom is 0.0923 e. The third-order valence-corrected chi connectivity index (χ3v) is 3.69. The molecule has 2 aromatic heterocycles. The van der Waals surface area contributed by atoms with E-state index in [1.165, 1.54) is 16.7 Å². The zero-order valence-electron chi connectivity index (χ0n) is 12.7. The van der Waals surface area contributed by atoms with Crippen LogP contribution in [0.2, 0.25) is 0 Å². The highest BCUT2D eigenvalue weighted by atomic mass is 15.3. The molecule has 0 radical (unpaired) electrons. The third-order valence-electron chi connectivity index (χ3n) is 3.69. The number of allylic oxidation sites excluding steroid dienone is 1. The molecule has 0 amide bonds. The predicted octanol–water partition coefficient (Wildman–Crippen LogP) is 4.50. The molecular formula is C19H19N3. The van der Waals surface area contributed by atoms with Crippen molar-refractivity contribution >= 4 is 0 Å². The van der Waals surface area contributed by atoms with Gasteiger partial charge in [0.05, 0.1) is 5.69 Å². The molecule has 3 heteroatoms. The van der Waals surface area contributed by atoms with E-state index in [4.69, 9.17) is 0 Å².